The van der Waals surface area contributed by atoms with Gasteiger partial charge in [-0.15, -0.1) is 0 Å². The lowest BCUT2D eigenvalue weighted by Crippen LogP contribution is -2.06. The first-order chi connectivity index (χ1) is 8.49. The third kappa shape index (κ3) is 3.90. The van der Waals surface area contributed by atoms with Gasteiger partial charge in [0.05, 0.1) is 5.56 Å². The second kappa shape index (κ2) is 6.22. The molecular formula is C13H12F3NO. The van der Waals surface area contributed by atoms with Gasteiger partial charge in [-0.1, -0.05) is 11.8 Å². The summed E-state index contributed by atoms with van der Waals surface area (Å²) in [6.45, 7) is 0.641. The zero-order valence-corrected chi connectivity index (χ0v) is 9.77. The standard InChI is InChI=1S/C13H12F3NO/c1-17-7-3-2-4-10-8-12(13(14,15)16)6-5-11(10)9-18/h5-6,8-9,17H,3,7H2,1H3. The lowest BCUT2D eigenvalue weighted by molar-refractivity contribution is -0.137. The average molecular weight is 255 g/mol. The van der Waals surface area contributed by atoms with E-state index in [1.54, 1.807) is 7.05 Å². The Kier molecular flexibility index (Phi) is 4.93. The average Bonchev–Trinajstić information content (AvgIpc) is 2.33. The van der Waals surface area contributed by atoms with E-state index in [4.69, 9.17) is 0 Å². The van der Waals surface area contributed by atoms with E-state index in [1.807, 2.05) is 0 Å². The molecule has 5 heteroatoms. The van der Waals surface area contributed by atoms with Gasteiger partial charge in [-0.05, 0) is 25.2 Å². The maximum absolute atomic E-state index is 12.5. The summed E-state index contributed by atoms with van der Waals surface area (Å²) in [5, 5.41) is 2.87. The summed E-state index contributed by atoms with van der Waals surface area (Å²) in [6, 6.07) is 2.91. The predicted octanol–water partition coefficient (Wildman–Crippen LogP) is 2.48. The van der Waals surface area contributed by atoms with Crippen LogP contribution in [0.4, 0.5) is 13.2 Å². The highest BCUT2D eigenvalue weighted by Crippen LogP contribution is 2.30. The number of hydrogen-bond acceptors (Lipinski definition) is 2. The molecule has 18 heavy (non-hydrogen) atoms. The molecule has 0 aliphatic heterocycles. The van der Waals surface area contributed by atoms with Crippen molar-refractivity contribution in [3.05, 3.63) is 34.9 Å². The van der Waals surface area contributed by atoms with E-state index in [1.165, 1.54) is 0 Å². The molecule has 0 bridgehead atoms. The molecule has 0 fully saturated rings. The van der Waals surface area contributed by atoms with Crippen LogP contribution in [-0.2, 0) is 6.18 Å². The van der Waals surface area contributed by atoms with Crippen molar-refractivity contribution < 1.29 is 18.0 Å². The van der Waals surface area contributed by atoms with Gasteiger partial charge in [0.25, 0.3) is 0 Å². The lowest BCUT2D eigenvalue weighted by atomic mass is 10.0. The maximum Gasteiger partial charge on any atom is 0.416 e. The molecule has 1 aromatic rings. The molecule has 0 radical (unpaired) electrons. The molecule has 0 aliphatic carbocycles. The van der Waals surface area contributed by atoms with Crippen LogP contribution >= 0.6 is 0 Å². The second-order valence-corrected chi connectivity index (χ2v) is 3.57. The van der Waals surface area contributed by atoms with E-state index in [0.29, 0.717) is 19.3 Å². The summed E-state index contributed by atoms with van der Waals surface area (Å²) < 4.78 is 37.5. The Balaban J connectivity index is 3.05. The minimum absolute atomic E-state index is 0.107. The van der Waals surface area contributed by atoms with E-state index < -0.39 is 11.7 Å². The fraction of sp³-hybridized carbons (Fsp3) is 0.308. The summed E-state index contributed by atoms with van der Waals surface area (Å²) in [4.78, 5) is 10.7. The number of aldehydes is 1. The van der Waals surface area contributed by atoms with E-state index in [2.05, 4.69) is 17.2 Å². The predicted molar refractivity (Wildman–Crippen MR) is 62.3 cm³/mol. The van der Waals surface area contributed by atoms with E-state index in [-0.39, 0.29) is 11.1 Å². The molecule has 1 N–H and O–H groups in total. The number of halogens is 3. The molecule has 0 aliphatic rings. The van der Waals surface area contributed by atoms with Gasteiger partial charge < -0.3 is 5.32 Å². The van der Waals surface area contributed by atoms with Crippen LogP contribution in [-0.4, -0.2) is 19.9 Å². The Labute approximate surface area is 103 Å². The highest BCUT2D eigenvalue weighted by atomic mass is 19.4. The first-order valence-electron chi connectivity index (χ1n) is 5.29. The molecule has 1 rings (SSSR count). The van der Waals surface area contributed by atoms with Crippen molar-refractivity contribution in [3.63, 3.8) is 0 Å². The Bertz CT molecular complexity index is 483. The van der Waals surface area contributed by atoms with Gasteiger partial charge in [0.15, 0.2) is 6.29 Å². The summed E-state index contributed by atoms with van der Waals surface area (Å²) in [5.74, 6) is 5.31. The van der Waals surface area contributed by atoms with Crippen LogP contribution in [0.2, 0.25) is 0 Å². The molecule has 0 unspecified atom stereocenters. The normalized spacial score (nSPS) is 10.7. The van der Waals surface area contributed by atoms with E-state index >= 15 is 0 Å². The van der Waals surface area contributed by atoms with Crippen LogP contribution in [0.5, 0.6) is 0 Å². The molecule has 0 atom stereocenters. The zero-order valence-electron chi connectivity index (χ0n) is 9.77. The summed E-state index contributed by atoms with van der Waals surface area (Å²) in [7, 11) is 1.75. The Morgan fingerprint density at radius 3 is 2.67 bits per heavy atom. The van der Waals surface area contributed by atoms with Gasteiger partial charge in [0.2, 0.25) is 0 Å². The number of hydrogen-bond donors (Lipinski definition) is 1. The molecule has 96 valence electrons. The third-order valence-electron chi connectivity index (χ3n) is 2.23. The van der Waals surface area contributed by atoms with Crippen LogP contribution in [0, 0.1) is 11.8 Å². The summed E-state index contributed by atoms with van der Waals surface area (Å²) in [6.07, 6.45) is -3.42. The van der Waals surface area contributed by atoms with Crippen molar-refractivity contribution >= 4 is 6.29 Å². The fourth-order valence-electron chi connectivity index (χ4n) is 1.29. The molecular weight excluding hydrogens is 243 g/mol. The maximum atomic E-state index is 12.5. The summed E-state index contributed by atoms with van der Waals surface area (Å²) >= 11 is 0. The number of carbonyl (C=O) groups is 1. The highest BCUT2D eigenvalue weighted by molar-refractivity contribution is 5.79. The zero-order chi connectivity index (χ0) is 13.6. The van der Waals surface area contributed by atoms with Crippen molar-refractivity contribution in [2.24, 2.45) is 0 Å². The van der Waals surface area contributed by atoms with Gasteiger partial charge in [0.1, 0.15) is 0 Å². The first-order valence-corrected chi connectivity index (χ1v) is 5.29. The van der Waals surface area contributed by atoms with Crippen LogP contribution in [0.3, 0.4) is 0 Å². The smallest absolute Gasteiger partial charge is 0.319 e. The summed E-state index contributed by atoms with van der Waals surface area (Å²) in [5.41, 5.74) is -0.526. The van der Waals surface area contributed by atoms with E-state index in [9.17, 15) is 18.0 Å². The SMILES string of the molecule is CNCCC#Cc1cc(C(F)(F)F)ccc1C=O. The third-order valence-corrected chi connectivity index (χ3v) is 2.23. The topological polar surface area (TPSA) is 29.1 Å². The Hall–Kier alpha value is -1.80. The molecule has 0 spiro atoms. The number of rotatable bonds is 3. The molecule has 0 aromatic heterocycles. The minimum atomic E-state index is -4.43. The molecule has 0 amide bonds. The number of alkyl halides is 3. The molecule has 0 saturated heterocycles. The van der Waals surface area contributed by atoms with Gasteiger partial charge in [-0.25, -0.2) is 0 Å². The van der Waals surface area contributed by atoms with Crippen molar-refractivity contribution in [1.82, 2.24) is 5.32 Å². The van der Waals surface area contributed by atoms with Gasteiger partial charge in [0, 0.05) is 24.1 Å². The number of benzene rings is 1. The van der Waals surface area contributed by atoms with Crippen molar-refractivity contribution in [2.75, 3.05) is 13.6 Å². The van der Waals surface area contributed by atoms with Crippen LogP contribution in [0.1, 0.15) is 27.9 Å². The fourth-order valence-corrected chi connectivity index (χ4v) is 1.29. The first kappa shape index (κ1) is 14.3. The molecule has 0 saturated carbocycles. The molecule has 1 aromatic carbocycles. The van der Waals surface area contributed by atoms with Gasteiger partial charge >= 0.3 is 6.18 Å². The molecule has 0 heterocycles. The Morgan fingerprint density at radius 2 is 2.11 bits per heavy atom. The number of nitrogens with one attached hydrogen (secondary N) is 1. The van der Waals surface area contributed by atoms with E-state index in [0.717, 1.165) is 18.2 Å². The van der Waals surface area contributed by atoms with Crippen molar-refractivity contribution in [2.45, 2.75) is 12.6 Å². The monoisotopic (exact) mass is 255 g/mol. The largest absolute Gasteiger partial charge is 0.416 e. The van der Waals surface area contributed by atoms with Crippen LogP contribution in [0.15, 0.2) is 18.2 Å². The minimum Gasteiger partial charge on any atom is -0.319 e. The number of carbonyl (C=O) groups excluding carboxylic acids is 1. The molecule has 2 nitrogen and oxygen atoms in total. The van der Waals surface area contributed by atoms with Gasteiger partial charge in [-0.3, -0.25) is 4.79 Å². The Morgan fingerprint density at radius 1 is 1.39 bits per heavy atom. The van der Waals surface area contributed by atoms with Crippen LogP contribution < -0.4 is 5.32 Å². The van der Waals surface area contributed by atoms with Gasteiger partial charge in [-0.2, -0.15) is 13.2 Å². The second-order valence-electron chi connectivity index (χ2n) is 3.57. The van der Waals surface area contributed by atoms with Crippen LogP contribution in [0.25, 0.3) is 0 Å². The highest BCUT2D eigenvalue weighted by Gasteiger charge is 2.30. The van der Waals surface area contributed by atoms with Crippen molar-refractivity contribution in [1.29, 1.82) is 0 Å². The lowest BCUT2D eigenvalue weighted by Gasteiger charge is -2.07. The van der Waals surface area contributed by atoms with Crippen molar-refractivity contribution in [3.8, 4) is 11.8 Å². The quantitative estimate of drug-likeness (QED) is 0.510.